The minimum absolute atomic E-state index is 0.309. The molecule has 14 heavy (non-hydrogen) atoms. The molecule has 0 rings (SSSR count). The van der Waals surface area contributed by atoms with Crippen molar-refractivity contribution in [3.05, 3.63) is 0 Å². The van der Waals surface area contributed by atoms with Crippen molar-refractivity contribution in [3.63, 3.8) is 0 Å². The normalized spacial score (nSPS) is 15.4. The van der Waals surface area contributed by atoms with Crippen molar-refractivity contribution in [2.24, 2.45) is 0 Å². The first-order valence-corrected chi connectivity index (χ1v) is 6.42. The van der Waals surface area contributed by atoms with Gasteiger partial charge in [0.15, 0.2) is 0 Å². The lowest BCUT2D eigenvalue weighted by atomic mass is 10.1. The fraction of sp³-hybridized carbons (Fsp3) is 1.00. The van der Waals surface area contributed by atoms with Gasteiger partial charge in [-0.2, -0.15) is 25.3 Å². The van der Waals surface area contributed by atoms with Crippen LogP contribution in [0.25, 0.3) is 0 Å². The lowest BCUT2D eigenvalue weighted by Gasteiger charge is -2.16. The van der Waals surface area contributed by atoms with E-state index < -0.39 is 0 Å². The highest BCUT2D eigenvalue weighted by atomic mass is 32.1. The Hall–Kier alpha value is 0.620. The zero-order valence-electron chi connectivity index (χ0n) is 9.11. The second-order valence-corrected chi connectivity index (χ2v) is 4.28. The first kappa shape index (κ1) is 14.6. The Labute approximate surface area is 98.6 Å². The van der Waals surface area contributed by atoms with E-state index in [4.69, 9.17) is 9.47 Å². The van der Waals surface area contributed by atoms with Gasteiger partial charge in [-0.3, -0.25) is 0 Å². The molecule has 0 aliphatic heterocycles. The highest BCUT2D eigenvalue weighted by Gasteiger charge is 2.06. The number of hydrogen-bond acceptors (Lipinski definition) is 4. The van der Waals surface area contributed by atoms with Crippen molar-refractivity contribution >= 4 is 25.3 Å². The lowest BCUT2D eigenvalue weighted by molar-refractivity contribution is 0.0357. The minimum atomic E-state index is 0.309. The molecule has 0 aromatic heterocycles. The summed E-state index contributed by atoms with van der Waals surface area (Å²) in [7, 11) is 0. The molecule has 0 spiro atoms. The topological polar surface area (TPSA) is 18.5 Å². The lowest BCUT2D eigenvalue weighted by Crippen LogP contribution is -2.16. The van der Waals surface area contributed by atoms with Crippen LogP contribution in [0.4, 0.5) is 0 Å². The summed E-state index contributed by atoms with van der Waals surface area (Å²) in [5.41, 5.74) is 0. The summed E-state index contributed by atoms with van der Waals surface area (Å²) in [6, 6.07) is 0. The molecular weight excluding hydrogens is 216 g/mol. The summed E-state index contributed by atoms with van der Waals surface area (Å²) in [4.78, 5) is 0. The first-order chi connectivity index (χ1) is 6.70. The van der Waals surface area contributed by atoms with E-state index in [-0.39, 0.29) is 0 Å². The summed E-state index contributed by atoms with van der Waals surface area (Å²) in [6.45, 7) is 5.65. The van der Waals surface area contributed by atoms with Crippen LogP contribution >= 0.6 is 25.3 Å². The fourth-order valence-corrected chi connectivity index (χ4v) is 1.35. The Kier molecular flexibility index (Phi) is 10.6. The van der Waals surface area contributed by atoms with Crippen LogP contribution in [0.15, 0.2) is 0 Å². The van der Waals surface area contributed by atoms with Crippen LogP contribution in [0.3, 0.4) is 0 Å². The van der Waals surface area contributed by atoms with Gasteiger partial charge < -0.3 is 9.47 Å². The number of thiol groups is 2. The van der Waals surface area contributed by atoms with Crippen molar-refractivity contribution in [2.75, 3.05) is 24.7 Å². The largest absolute Gasteiger partial charge is 0.378 e. The van der Waals surface area contributed by atoms with Crippen molar-refractivity contribution in [2.45, 2.75) is 38.9 Å². The summed E-state index contributed by atoms with van der Waals surface area (Å²) >= 11 is 8.18. The Bertz CT molecular complexity index is 109. The molecule has 0 bridgehead atoms. The van der Waals surface area contributed by atoms with Crippen molar-refractivity contribution in [3.8, 4) is 0 Å². The SMILES string of the molecule is CC(CCC(C)OCCS)OCCS. The van der Waals surface area contributed by atoms with Crippen LogP contribution in [-0.2, 0) is 9.47 Å². The van der Waals surface area contributed by atoms with Gasteiger partial charge >= 0.3 is 0 Å². The van der Waals surface area contributed by atoms with Gasteiger partial charge in [0.1, 0.15) is 0 Å². The minimum Gasteiger partial charge on any atom is -0.378 e. The van der Waals surface area contributed by atoms with Crippen LogP contribution in [-0.4, -0.2) is 36.9 Å². The van der Waals surface area contributed by atoms with Gasteiger partial charge in [0.05, 0.1) is 25.4 Å². The third kappa shape index (κ3) is 9.19. The van der Waals surface area contributed by atoms with Gasteiger partial charge in [0.2, 0.25) is 0 Å². The van der Waals surface area contributed by atoms with Crippen LogP contribution in [0.5, 0.6) is 0 Å². The third-order valence-electron chi connectivity index (χ3n) is 1.97. The van der Waals surface area contributed by atoms with E-state index in [1.54, 1.807) is 0 Å². The second-order valence-electron chi connectivity index (χ2n) is 3.39. The summed E-state index contributed by atoms with van der Waals surface area (Å²) in [6.07, 6.45) is 2.71. The molecule has 0 amide bonds. The molecule has 0 aliphatic rings. The van der Waals surface area contributed by atoms with Gasteiger partial charge in [-0.05, 0) is 26.7 Å². The van der Waals surface area contributed by atoms with E-state index in [0.717, 1.165) is 37.6 Å². The zero-order chi connectivity index (χ0) is 10.8. The van der Waals surface area contributed by atoms with E-state index in [1.807, 2.05) is 0 Å². The molecule has 0 saturated heterocycles. The van der Waals surface area contributed by atoms with Crippen LogP contribution in [0.2, 0.25) is 0 Å². The molecule has 0 fully saturated rings. The fourth-order valence-electron chi connectivity index (χ4n) is 1.14. The van der Waals surface area contributed by atoms with Crippen molar-refractivity contribution in [1.29, 1.82) is 0 Å². The maximum atomic E-state index is 5.50. The van der Waals surface area contributed by atoms with Gasteiger partial charge in [0, 0.05) is 11.5 Å². The number of ether oxygens (including phenoxy) is 2. The maximum Gasteiger partial charge on any atom is 0.0557 e. The molecule has 0 heterocycles. The smallest absolute Gasteiger partial charge is 0.0557 e. The highest BCUT2D eigenvalue weighted by molar-refractivity contribution is 7.80. The molecule has 0 radical (unpaired) electrons. The quantitative estimate of drug-likeness (QED) is 0.601. The monoisotopic (exact) mass is 238 g/mol. The maximum absolute atomic E-state index is 5.50. The Morgan fingerprint density at radius 1 is 0.857 bits per heavy atom. The Balaban J connectivity index is 3.31. The zero-order valence-corrected chi connectivity index (χ0v) is 10.9. The molecule has 0 aromatic carbocycles. The molecule has 0 aromatic rings. The summed E-state index contributed by atoms with van der Waals surface area (Å²) in [5.74, 6) is 1.58. The first-order valence-electron chi connectivity index (χ1n) is 5.15. The molecule has 2 unspecified atom stereocenters. The van der Waals surface area contributed by atoms with Gasteiger partial charge in [-0.15, -0.1) is 0 Å². The van der Waals surface area contributed by atoms with Gasteiger partial charge in [0.25, 0.3) is 0 Å². The molecule has 4 heteroatoms. The molecule has 0 aliphatic carbocycles. The molecular formula is C10H22O2S2. The molecule has 86 valence electrons. The van der Waals surface area contributed by atoms with Crippen LogP contribution in [0.1, 0.15) is 26.7 Å². The standard InChI is InChI=1S/C10H22O2S2/c1-9(11-5-7-13)3-4-10(2)12-6-8-14/h9-10,13-14H,3-8H2,1-2H3. The van der Waals surface area contributed by atoms with Crippen molar-refractivity contribution in [1.82, 2.24) is 0 Å². The molecule has 0 N–H and O–H groups in total. The van der Waals surface area contributed by atoms with E-state index in [9.17, 15) is 0 Å². The average Bonchev–Trinajstić information content (AvgIpc) is 2.20. The van der Waals surface area contributed by atoms with Crippen LogP contribution in [0, 0.1) is 0 Å². The molecule has 2 atom stereocenters. The van der Waals surface area contributed by atoms with E-state index >= 15 is 0 Å². The Morgan fingerprint density at radius 2 is 1.21 bits per heavy atom. The van der Waals surface area contributed by atoms with Crippen LogP contribution < -0.4 is 0 Å². The van der Waals surface area contributed by atoms with E-state index in [2.05, 4.69) is 39.1 Å². The van der Waals surface area contributed by atoms with E-state index in [0.29, 0.717) is 12.2 Å². The highest BCUT2D eigenvalue weighted by Crippen LogP contribution is 2.07. The predicted octanol–water partition coefficient (Wildman–Crippen LogP) is 2.44. The average molecular weight is 238 g/mol. The number of hydrogen-bond donors (Lipinski definition) is 2. The molecule has 0 saturated carbocycles. The molecule has 2 nitrogen and oxygen atoms in total. The second kappa shape index (κ2) is 10.1. The third-order valence-corrected chi connectivity index (χ3v) is 2.33. The Morgan fingerprint density at radius 3 is 1.50 bits per heavy atom. The summed E-state index contributed by atoms with van der Waals surface area (Å²) in [5, 5.41) is 0. The van der Waals surface area contributed by atoms with Gasteiger partial charge in [-0.1, -0.05) is 0 Å². The number of rotatable bonds is 9. The van der Waals surface area contributed by atoms with Crippen molar-refractivity contribution < 1.29 is 9.47 Å². The predicted molar refractivity (Wildman–Crippen MR) is 67.8 cm³/mol. The van der Waals surface area contributed by atoms with Gasteiger partial charge in [-0.25, -0.2) is 0 Å². The van der Waals surface area contributed by atoms with E-state index in [1.165, 1.54) is 0 Å². The summed E-state index contributed by atoms with van der Waals surface area (Å²) < 4.78 is 11.0.